The Balaban J connectivity index is 1.64. The van der Waals surface area contributed by atoms with Crippen molar-refractivity contribution < 1.29 is 5.11 Å². The minimum atomic E-state index is -0.0776. The lowest BCUT2D eigenvalue weighted by molar-refractivity contribution is 0.269. The van der Waals surface area contributed by atoms with Crippen LogP contribution in [0.1, 0.15) is 11.3 Å². The fraction of sp³-hybridized carbons (Fsp3) is 0.136. The fourth-order valence-corrected chi connectivity index (χ4v) is 5.26. The molecule has 0 aliphatic carbocycles. The molecule has 33 heavy (non-hydrogen) atoms. The third-order valence-corrected chi connectivity index (χ3v) is 7.01. The van der Waals surface area contributed by atoms with Gasteiger partial charge in [-0.05, 0) is 18.2 Å². The van der Waals surface area contributed by atoms with Gasteiger partial charge in [-0.25, -0.2) is 14.8 Å². The van der Waals surface area contributed by atoms with E-state index in [0.717, 1.165) is 16.3 Å². The summed E-state index contributed by atoms with van der Waals surface area (Å²) in [6.45, 7) is 7.76. The first-order valence-corrected chi connectivity index (χ1v) is 12.1. The first kappa shape index (κ1) is 23.2. The molecule has 164 valence electrons. The van der Waals surface area contributed by atoms with E-state index in [1.54, 1.807) is 16.9 Å². The summed E-state index contributed by atoms with van der Waals surface area (Å²) in [7, 11) is 0. The van der Waals surface area contributed by atoms with E-state index >= 15 is 0 Å². The molecule has 3 heterocycles. The highest BCUT2D eigenvalue weighted by Gasteiger charge is 2.23. The first-order chi connectivity index (χ1) is 16.0. The highest BCUT2D eigenvalue weighted by Crippen LogP contribution is 2.42. The van der Waals surface area contributed by atoms with Crippen molar-refractivity contribution in [2.45, 2.75) is 17.3 Å². The van der Waals surface area contributed by atoms with Gasteiger partial charge in [-0.15, -0.1) is 11.3 Å². The number of nitriles is 1. The van der Waals surface area contributed by atoms with E-state index in [2.05, 4.69) is 26.0 Å². The summed E-state index contributed by atoms with van der Waals surface area (Å²) in [6, 6.07) is 11.3. The van der Waals surface area contributed by atoms with Crippen LogP contribution in [0.15, 0.2) is 46.9 Å². The summed E-state index contributed by atoms with van der Waals surface area (Å²) in [5.41, 5.74) is 2.88. The van der Waals surface area contributed by atoms with Gasteiger partial charge in [0.1, 0.15) is 21.3 Å². The van der Waals surface area contributed by atoms with Gasteiger partial charge < -0.3 is 5.11 Å². The van der Waals surface area contributed by atoms with Crippen LogP contribution in [0, 0.1) is 17.9 Å². The molecule has 4 aromatic rings. The molecule has 0 aliphatic rings. The van der Waals surface area contributed by atoms with Crippen molar-refractivity contribution in [3.63, 3.8) is 0 Å². The molecule has 11 heteroatoms. The Labute approximate surface area is 208 Å². The number of pyridine rings is 1. The number of thioether (sulfide) groups is 1. The summed E-state index contributed by atoms with van der Waals surface area (Å²) < 4.78 is 1.54. The Bertz CT molecular complexity index is 1390. The Morgan fingerprint density at radius 3 is 2.70 bits per heavy atom. The predicted octanol–water partition coefficient (Wildman–Crippen LogP) is 6.08. The van der Waals surface area contributed by atoms with E-state index in [0.29, 0.717) is 33.6 Å². The number of rotatable bonds is 7. The maximum atomic E-state index is 9.91. The van der Waals surface area contributed by atoms with E-state index < -0.39 is 0 Å². The molecule has 0 amide bonds. The van der Waals surface area contributed by atoms with Gasteiger partial charge in [0.2, 0.25) is 5.69 Å². The van der Waals surface area contributed by atoms with Crippen LogP contribution in [-0.4, -0.2) is 31.5 Å². The van der Waals surface area contributed by atoms with Crippen molar-refractivity contribution in [3.8, 4) is 27.9 Å². The van der Waals surface area contributed by atoms with Gasteiger partial charge in [-0.2, -0.15) is 10.4 Å². The Kier molecular flexibility index (Phi) is 7.29. The number of hydrogen-bond acceptors (Lipinski definition) is 7. The average Bonchev–Trinajstić information content (AvgIpc) is 3.48. The lowest BCUT2D eigenvalue weighted by atomic mass is 10.1. The molecule has 1 aromatic carbocycles. The molecule has 7 nitrogen and oxygen atoms in total. The zero-order chi connectivity index (χ0) is 23.4. The number of nitrogens with zero attached hydrogens (tertiary/aromatic N) is 6. The van der Waals surface area contributed by atoms with E-state index in [1.807, 2.05) is 29.6 Å². The summed E-state index contributed by atoms with van der Waals surface area (Å²) in [4.78, 5) is 12.5. The van der Waals surface area contributed by atoms with Gasteiger partial charge in [0.05, 0.1) is 36.7 Å². The Morgan fingerprint density at radius 2 is 2.00 bits per heavy atom. The van der Waals surface area contributed by atoms with Gasteiger partial charge >= 0.3 is 0 Å². The molecule has 4 rings (SSSR count). The summed E-state index contributed by atoms with van der Waals surface area (Å²) in [6.07, 6.45) is 1.68. The van der Waals surface area contributed by atoms with Crippen LogP contribution in [0.3, 0.4) is 0 Å². The highest BCUT2D eigenvalue weighted by atomic mass is 35.5. The number of halogens is 2. The predicted molar refractivity (Wildman–Crippen MR) is 131 cm³/mol. The largest absolute Gasteiger partial charge is 0.394 e. The van der Waals surface area contributed by atoms with Crippen molar-refractivity contribution in [1.29, 1.82) is 5.26 Å². The molecule has 0 aliphatic heterocycles. The van der Waals surface area contributed by atoms with Crippen molar-refractivity contribution in [2.24, 2.45) is 0 Å². The first-order valence-electron chi connectivity index (χ1n) is 9.53. The maximum Gasteiger partial charge on any atom is 0.234 e. The number of aliphatic hydroxyl groups excluding tert-OH is 1. The third-order valence-electron chi connectivity index (χ3n) is 4.54. The molecule has 0 unspecified atom stereocenters. The molecule has 0 fully saturated rings. The third kappa shape index (κ3) is 5.03. The monoisotopic (exact) mass is 512 g/mol. The molecule has 0 saturated carbocycles. The summed E-state index contributed by atoms with van der Waals surface area (Å²) in [5, 5.41) is 27.3. The molecule has 0 saturated heterocycles. The fourth-order valence-electron chi connectivity index (χ4n) is 3.05. The quantitative estimate of drug-likeness (QED) is 0.183. The van der Waals surface area contributed by atoms with Crippen molar-refractivity contribution in [3.05, 3.63) is 74.8 Å². The molecular formula is C22H14Cl2N6OS2. The van der Waals surface area contributed by atoms with Crippen LogP contribution < -0.4 is 0 Å². The minimum Gasteiger partial charge on any atom is -0.394 e. The molecular weight excluding hydrogens is 499 g/mol. The van der Waals surface area contributed by atoms with Crippen LogP contribution in [0.4, 0.5) is 5.69 Å². The molecule has 0 radical (unpaired) electrons. The second kappa shape index (κ2) is 10.3. The molecule has 0 bridgehead atoms. The zero-order valence-corrected chi connectivity index (χ0v) is 20.0. The van der Waals surface area contributed by atoms with Crippen molar-refractivity contribution >= 4 is 52.0 Å². The van der Waals surface area contributed by atoms with Crippen LogP contribution in [0.5, 0.6) is 0 Å². The van der Waals surface area contributed by atoms with Gasteiger partial charge in [0.25, 0.3) is 0 Å². The highest BCUT2D eigenvalue weighted by molar-refractivity contribution is 7.98. The number of aromatic nitrogens is 4. The molecule has 1 N–H and O–H groups in total. The van der Waals surface area contributed by atoms with Crippen molar-refractivity contribution in [2.75, 3.05) is 6.61 Å². The number of aliphatic hydroxyl groups is 1. The SMILES string of the molecule is [C-]#[N+]c1c(Cl)nc(SCc2csc(-c3ccc(Cl)cc3)n2)c(C#N)c1-c1ccn(CCO)n1. The lowest BCUT2D eigenvalue weighted by Crippen LogP contribution is -2.03. The smallest absolute Gasteiger partial charge is 0.234 e. The van der Waals surface area contributed by atoms with E-state index in [9.17, 15) is 5.26 Å². The lowest BCUT2D eigenvalue weighted by Gasteiger charge is -2.10. The second-order valence-electron chi connectivity index (χ2n) is 6.66. The van der Waals surface area contributed by atoms with E-state index in [4.69, 9.17) is 34.9 Å². The summed E-state index contributed by atoms with van der Waals surface area (Å²) >= 11 is 15.1. The number of benzene rings is 1. The second-order valence-corrected chi connectivity index (χ2v) is 9.27. The van der Waals surface area contributed by atoms with Gasteiger partial charge in [0.15, 0.2) is 0 Å². The van der Waals surface area contributed by atoms with Crippen LogP contribution in [-0.2, 0) is 12.3 Å². The van der Waals surface area contributed by atoms with Crippen LogP contribution >= 0.6 is 46.3 Å². The Morgan fingerprint density at radius 1 is 1.21 bits per heavy atom. The standard InChI is InChI=1S/C22H14Cl2N6OS2/c1-26-19-18(17-6-7-30(29-17)8-9-31)16(10-25)22(28-20(19)24)33-12-15-11-32-21(27-15)13-2-4-14(23)5-3-13/h2-7,11,31H,8-9,12H2. The normalized spacial score (nSPS) is 10.7. The average molecular weight is 513 g/mol. The van der Waals surface area contributed by atoms with Gasteiger partial charge in [-0.1, -0.05) is 47.1 Å². The molecule has 0 spiro atoms. The minimum absolute atomic E-state index is 0.0124. The zero-order valence-electron chi connectivity index (χ0n) is 16.9. The van der Waals surface area contributed by atoms with E-state index in [-0.39, 0.29) is 23.0 Å². The maximum absolute atomic E-state index is 9.91. The topological polar surface area (TPSA) is 92.0 Å². The van der Waals surface area contributed by atoms with E-state index in [1.165, 1.54) is 23.1 Å². The molecule has 0 atom stereocenters. The van der Waals surface area contributed by atoms with Gasteiger partial charge in [0, 0.05) is 33.5 Å². The van der Waals surface area contributed by atoms with Crippen LogP contribution in [0.25, 0.3) is 26.7 Å². The van der Waals surface area contributed by atoms with Crippen molar-refractivity contribution in [1.82, 2.24) is 19.7 Å². The Hall–Kier alpha value is -2.92. The van der Waals surface area contributed by atoms with Gasteiger partial charge in [-0.3, -0.25) is 4.68 Å². The number of thiazole rings is 1. The summed E-state index contributed by atoms with van der Waals surface area (Å²) in [5.74, 6) is 0.470. The molecule has 3 aromatic heterocycles. The van der Waals surface area contributed by atoms with Crippen LogP contribution in [0.2, 0.25) is 10.2 Å². The number of hydrogen-bond donors (Lipinski definition) is 1.